The molecule has 26 heavy (non-hydrogen) atoms. The van der Waals surface area contributed by atoms with E-state index in [0.717, 1.165) is 29.0 Å². The first kappa shape index (κ1) is 18.0. The van der Waals surface area contributed by atoms with Crippen molar-refractivity contribution in [3.63, 3.8) is 0 Å². The second-order valence-electron chi connectivity index (χ2n) is 6.72. The van der Waals surface area contributed by atoms with Gasteiger partial charge in [0, 0.05) is 11.6 Å². The molecule has 0 aromatic heterocycles. The van der Waals surface area contributed by atoms with E-state index >= 15 is 0 Å². The summed E-state index contributed by atoms with van der Waals surface area (Å²) < 4.78 is 5.54. The Bertz CT molecular complexity index is 815. The summed E-state index contributed by atoms with van der Waals surface area (Å²) in [5, 5.41) is 2.95. The minimum atomic E-state index is -0.0748. The molecule has 0 bridgehead atoms. The number of anilines is 1. The molecule has 1 aliphatic rings. The first-order valence-corrected chi connectivity index (χ1v) is 8.91. The van der Waals surface area contributed by atoms with E-state index in [1.807, 2.05) is 51.1 Å². The fourth-order valence-electron chi connectivity index (χ4n) is 2.84. The fraction of sp³-hybridized carbons (Fsp3) is 0.333. The van der Waals surface area contributed by atoms with Crippen LogP contribution in [0.15, 0.2) is 42.5 Å². The lowest BCUT2D eigenvalue weighted by molar-refractivity contribution is -0.121. The first-order valence-electron chi connectivity index (χ1n) is 8.91. The Morgan fingerprint density at radius 2 is 1.96 bits per heavy atom. The third kappa shape index (κ3) is 3.87. The van der Waals surface area contributed by atoms with Crippen molar-refractivity contribution in [2.24, 2.45) is 0 Å². The van der Waals surface area contributed by atoms with E-state index in [9.17, 15) is 9.59 Å². The zero-order valence-electron chi connectivity index (χ0n) is 15.4. The Hall–Kier alpha value is -2.82. The van der Waals surface area contributed by atoms with Crippen molar-refractivity contribution in [2.45, 2.75) is 39.8 Å². The zero-order chi connectivity index (χ0) is 18.7. The maximum Gasteiger partial charge on any atom is 0.265 e. The molecule has 0 radical (unpaired) electrons. The summed E-state index contributed by atoms with van der Waals surface area (Å²) >= 11 is 0. The van der Waals surface area contributed by atoms with Crippen molar-refractivity contribution in [1.29, 1.82) is 0 Å². The lowest BCUT2D eigenvalue weighted by Gasteiger charge is -2.29. The van der Waals surface area contributed by atoms with Crippen LogP contribution in [0.1, 0.15) is 41.8 Å². The predicted octanol–water partition coefficient (Wildman–Crippen LogP) is 3.45. The largest absolute Gasteiger partial charge is 0.482 e. The van der Waals surface area contributed by atoms with Gasteiger partial charge in [-0.3, -0.25) is 9.59 Å². The molecule has 2 amide bonds. The van der Waals surface area contributed by atoms with Gasteiger partial charge in [-0.05, 0) is 55.7 Å². The van der Waals surface area contributed by atoms with Crippen LogP contribution in [0.2, 0.25) is 0 Å². The Morgan fingerprint density at radius 1 is 1.23 bits per heavy atom. The summed E-state index contributed by atoms with van der Waals surface area (Å²) in [6.45, 7) is 6.51. The molecule has 2 aromatic rings. The topological polar surface area (TPSA) is 58.6 Å². The molecule has 3 rings (SSSR count). The molecule has 136 valence electrons. The van der Waals surface area contributed by atoms with Gasteiger partial charge in [0.05, 0.1) is 12.2 Å². The van der Waals surface area contributed by atoms with Crippen LogP contribution in [0.3, 0.4) is 0 Å². The van der Waals surface area contributed by atoms with Crippen LogP contribution in [0.4, 0.5) is 5.69 Å². The molecule has 1 aliphatic heterocycles. The quantitative estimate of drug-likeness (QED) is 0.897. The number of benzene rings is 2. The minimum absolute atomic E-state index is 0.0475. The summed E-state index contributed by atoms with van der Waals surface area (Å²) in [5.74, 6) is 0.586. The summed E-state index contributed by atoms with van der Waals surface area (Å²) in [6.07, 6.45) is 0.891. The second-order valence-corrected chi connectivity index (χ2v) is 6.72. The molecule has 5 heteroatoms. The number of ether oxygens (including phenoxy) is 1. The van der Waals surface area contributed by atoms with Crippen molar-refractivity contribution >= 4 is 17.5 Å². The SMILES string of the molecule is CCC(C)NC(=O)c1ccc(CN2C(=O)COc3cc(C)ccc32)cc1. The van der Waals surface area contributed by atoms with Crippen LogP contribution in [-0.2, 0) is 11.3 Å². The van der Waals surface area contributed by atoms with E-state index in [0.29, 0.717) is 12.1 Å². The lowest BCUT2D eigenvalue weighted by atomic mass is 10.1. The maximum atomic E-state index is 12.3. The number of carbonyl (C=O) groups excluding carboxylic acids is 2. The third-order valence-electron chi connectivity index (χ3n) is 4.60. The monoisotopic (exact) mass is 352 g/mol. The lowest BCUT2D eigenvalue weighted by Crippen LogP contribution is -2.38. The number of carbonyl (C=O) groups is 2. The van der Waals surface area contributed by atoms with Gasteiger partial charge in [-0.25, -0.2) is 0 Å². The minimum Gasteiger partial charge on any atom is -0.482 e. The summed E-state index contributed by atoms with van der Waals surface area (Å²) in [4.78, 5) is 26.2. The number of nitrogens with one attached hydrogen (secondary N) is 1. The highest BCUT2D eigenvalue weighted by atomic mass is 16.5. The van der Waals surface area contributed by atoms with Crippen LogP contribution in [0, 0.1) is 6.92 Å². The van der Waals surface area contributed by atoms with Gasteiger partial charge in [0.2, 0.25) is 0 Å². The van der Waals surface area contributed by atoms with Gasteiger partial charge >= 0.3 is 0 Å². The average Bonchev–Trinajstić information content (AvgIpc) is 2.64. The van der Waals surface area contributed by atoms with Crippen LogP contribution in [0.25, 0.3) is 0 Å². The molecule has 0 spiro atoms. The summed E-state index contributed by atoms with van der Waals surface area (Å²) in [7, 11) is 0. The number of fused-ring (bicyclic) bond motifs is 1. The van der Waals surface area contributed by atoms with Crippen LogP contribution >= 0.6 is 0 Å². The molecule has 0 saturated heterocycles. The highest BCUT2D eigenvalue weighted by Gasteiger charge is 2.25. The molecule has 1 atom stereocenters. The first-order chi connectivity index (χ1) is 12.5. The average molecular weight is 352 g/mol. The van der Waals surface area contributed by atoms with Gasteiger partial charge in [-0.15, -0.1) is 0 Å². The zero-order valence-corrected chi connectivity index (χ0v) is 15.4. The van der Waals surface area contributed by atoms with Crippen molar-refractivity contribution in [2.75, 3.05) is 11.5 Å². The Labute approximate surface area is 154 Å². The number of hydrogen-bond donors (Lipinski definition) is 1. The van der Waals surface area contributed by atoms with Crippen molar-refractivity contribution in [3.8, 4) is 5.75 Å². The van der Waals surface area contributed by atoms with Crippen LogP contribution in [0.5, 0.6) is 5.75 Å². The van der Waals surface area contributed by atoms with E-state index in [1.54, 1.807) is 17.0 Å². The fourth-order valence-corrected chi connectivity index (χ4v) is 2.84. The molecule has 1 heterocycles. The highest BCUT2D eigenvalue weighted by molar-refractivity contribution is 5.98. The highest BCUT2D eigenvalue weighted by Crippen LogP contribution is 2.33. The van der Waals surface area contributed by atoms with Gasteiger partial charge < -0.3 is 15.0 Å². The molecule has 2 aromatic carbocycles. The molecule has 5 nitrogen and oxygen atoms in total. The van der Waals surface area contributed by atoms with Gasteiger partial charge in [0.15, 0.2) is 6.61 Å². The van der Waals surface area contributed by atoms with Gasteiger partial charge in [-0.1, -0.05) is 25.1 Å². The standard InChI is InChI=1S/C21H24N2O3/c1-4-15(3)22-21(25)17-8-6-16(7-9-17)12-23-18-10-5-14(2)11-19(18)26-13-20(23)24/h5-11,15H,4,12-13H2,1-3H3,(H,22,25). The van der Waals surface area contributed by atoms with Gasteiger partial charge in [-0.2, -0.15) is 0 Å². The predicted molar refractivity (Wildman–Crippen MR) is 102 cm³/mol. The van der Waals surface area contributed by atoms with Gasteiger partial charge in [0.1, 0.15) is 5.75 Å². The molecule has 0 aliphatic carbocycles. The molecule has 0 fully saturated rings. The van der Waals surface area contributed by atoms with Crippen molar-refractivity contribution in [3.05, 3.63) is 59.2 Å². The number of rotatable bonds is 5. The number of nitrogens with zero attached hydrogens (tertiary/aromatic N) is 1. The van der Waals surface area contributed by atoms with Crippen LogP contribution in [-0.4, -0.2) is 24.5 Å². The molecule has 1 N–H and O–H groups in total. The Morgan fingerprint density at radius 3 is 2.65 bits per heavy atom. The number of amides is 2. The van der Waals surface area contributed by atoms with Crippen molar-refractivity contribution < 1.29 is 14.3 Å². The third-order valence-corrected chi connectivity index (χ3v) is 4.60. The maximum absolute atomic E-state index is 12.3. The molecular weight excluding hydrogens is 328 g/mol. The Kier molecular flexibility index (Phi) is 5.26. The Balaban J connectivity index is 1.75. The molecular formula is C21H24N2O3. The van der Waals surface area contributed by atoms with Crippen LogP contribution < -0.4 is 15.0 Å². The second kappa shape index (κ2) is 7.60. The molecule has 1 unspecified atom stereocenters. The van der Waals surface area contributed by atoms with E-state index < -0.39 is 0 Å². The smallest absolute Gasteiger partial charge is 0.265 e. The summed E-state index contributed by atoms with van der Waals surface area (Å²) in [6, 6.07) is 13.3. The molecule has 0 saturated carbocycles. The number of aryl methyl sites for hydroxylation is 1. The summed E-state index contributed by atoms with van der Waals surface area (Å²) in [5.41, 5.74) is 3.46. The van der Waals surface area contributed by atoms with E-state index in [-0.39, 0.29) is 24.5 Å². The van der Waals surface area contributed by atoms with Crippen molar-refractivity contribution in [1.82, 2.24) is 5.32 Å². The van der Waals surface area contributed by atoms with Gasteiger partial charge in [0.25, 0.3) is 11.8 Å². The van der Waals surface area contributed by atoms with E-state index in [1.165, 1.54) is 0 Å². The van der Waals surface area contributed by atoms with E-state index in [2.05, 4.69) is 5.32 Å². The van der Waals surface area contributed by atoms with E-state index in [4.69, 9.17) is 4.74 Å². The number of hydrogen-bond acceptors (Lipinski definition) is 3. The normalized spacial score (nSPS) is 14.4.